The van der Waals surface area contributed by atoms with Crippen LogP contribution < -0.4 is 5.32 Å². The molecule has 2 aromatic rings. The zero-order valence-electron chi connectivity index (χ0n) is 15.1. The van der Waals surface area contributed by atoms with E-state index in [0.29, 0.717) is 21.7 Å². The highest BCUT2D eigenvalue weighted by atomic mass is 35.5. The van der Waals surface area contributed by atoms with Crippen molar-refractivity contribution in [3.8, 4) is 11.1 Å². The molecule has 154 valence electrons. The van der Waals surface area contributed by atoms with Gasteiger partial charge < -0.3 is 20.6 Å². The molecule has 1 amide bonds. The van der Waals surface area contributed by atoms with Gasteiger partial charge in [-0.3, -0.25) is 9.59 Å². The van der Waals surface area contributed by atoms with E-state index >= 15 is 0 Å². The van der Waals surface area contributed by atoms with Crippen molar-refractivity contribution in [2.75, 3.05) is 6.61 Å². The third-order valence-electron chi connectivity index (χ3n) is 4.34. The number of nitrogens with one attached hydrogen (secondary N) is 1. The van der Waals surface area contributed by atoms with Crippen LogP contribution in [0.3, 0.4) is 0 Å². The van der Waals surface area contributed by atoms with E-state index in [2.05, 4.69) is 5.32 Å². The second-order valence-electron chi connectivity index (χ2n) is 6.45. The highest BCUT2D eigenvalue weighted by Crippen LogP contribution is 2.29. The van der Waals surface area contributed by atoms with Gasteiger partial charge in [0.1, 0.15) is 5.82 Å². The number of aliphatic carboxylic acids is 2. The van der Waals surface area contributed by atoms with Gasteiger partial charge in [0.25, 0.3) is 0 Å². The number of hydrogen-bond donors (Lipinski definition) is 4. The van der Waals surface area contributed by atoms with E-state index in [4.69, 9.17) is 21.8 Å². The van der Waals surface area contributed by atoms with Crippen LogP contribution in [0.2, 0.25) is 5.02 Å². The molecule has 4 N–H and O–H groups in total. The van der Waals surface area contributed by atoms with Gasteiger partial charge in [0, 0.05) is 16.6 Å². The number of carboxylic acids is 2. The van der Waals surface area contributed by atoms with Crippen molar-refractivity contribution in [2.24, 2.45) is 5.92 Å². The monoisotopic (exact) mass is 423 g/mol. The van der Waals surface area contributed by atoms with Crippen LogP contribution in [0.25, 0.3) is 11.1 Å². The Hall–Kier alpha value is -2.97. The molecule has 0 saturated heterocycles. The van der Waals surface area contributed by atoms with Gasteiger partial charge in [-0.1, -0.05) is 35.9 Å². The Morgan fingerprint density at radius 3 is 2.24 bits per heavy atom. The van der Waals surface area contributed by atoms with Gasteiger partial charge in [0.15, 0.2) is 0 Å². The summed E-state index contributed by atoms with van der Waals surface area (Å²) in [6, 6.07) is 9.90. The fraction of sp³-hybridized carbons (Fsp3) is 0.250. The number of rotatable bonds is 8. The number of benzene rings is 2. The zero-order valence-corrected chi connectivity index (χ0v) is 15.9. The van der Waals surface area contributed by atoms with E-state index in [0.717, 1.165) is 0 Å². The third-order valence-corrected chi connectivity index (χ3v) is 4.65. The van der Waals surface area contributed by atoms with Gasteiger partial charge in [-0.15, -0.1) is 0 Å². The second-order valence-corrected chi connectivity index (χ2v) is 6.86. The van der Waals surface area contributed by atoms with Gasteiger partial charge in [0.2, 0.25) is 0 Å². The summed E-state index contributed by atoms with van der Waals surface area (Å²) < 4.78 is 13.1. The van der Waals surface area contributed by atoms with Crippen molar-refractivity contribution in [3.63, 3.8) is 0 Å². The van der Waals surface area contributed by atoms with Crippen molar-refractivity contribution < 1.29 is 34.1 Å². The Kier molecular flexibility index (Phi) is 7.69. The summed E-state index contributed by atoms with van der Waals surface area (Å²) in [4.78, 5) is 33.6. The van der Waals surface area contributed by atoms with Crippen molar-refractivity contribution in [3.05, 3.63) is 58.9 Å². The topological polar surface area (TPSA) is 124 Å². The fourth-order valence-electron chi connectivity index (χ4n) is 2.87. The van der Waals surface area contributed by atoms with Gasteiger partial charge in [0.05, 0.1) is 12.5 Å². The smallest absolute Gasteiger partial charge is 0.394 e. The Labute approximate surface area is 170 Å². The first-order valence-corrected chi connectivity index (χ1v) is 9.01. The Morgan fingerprint density at radius 2 is 1.72 bits per heavy atom. The van der Waals surface area contributed by atoms with E-state index in [1.165, 1.54) is 12.1 Å². The van der Waals surface area contributed by atoms with Crippen molar-refractivity contribution in [2.45, 2.75) is 18.9 Å². The average molecular weight is 424 g/mol. The Morgan fingerprint density at radius 1 is 1.07 bits per heavy atom. The van der Waals surface area contributed by atoms with E-state index in [1.54, 1.807) is 30.3 Å². The van der Waals surface area contributed by atoms with Crippen molar-refractivity contribution in [1.82, 2.24) is 5.32 Å². The predicted molar refractivity (Wildman–Crippen MR) is 103 cm³/mol. The van der Waals surface area contributed by atoms with Gasteiger partial charge >= 0.3 is 17.8 Å². The zero-order chi connectivity index (χ0) is 21.6. The molecule has 7 nitrogen and oxygen atoms in total. The van der Waals surface area contributed by atoms with Crippen LogP contribution in [-0.2, 0) is 20.8 Å². The van der Waals surface area contributed by atoms with E-state index in [9.17, 15) is 23.9 Å². The fourth-order valence-corrected chi connectivity index (χ4v) is 3.18. The third kappa shape index (κ3) is 6.27. The second kappa shape index (κ2) is 9.99. The molecule has 2 rings (SSSR count). The Bertz CT molecular complexity index is 902. The van der Waals surface area contributed by atoms with Crippen molar-refractivity contribution >= 4 is 29.4 Å². The molecule has 0 heterocycles. The number of carbonyl (C=O) groups is 3. The summed E-state index contributed by atoms with van der Waals surface area (Å²) in [6.07, 6.45) is -0.0611. The maximum atomic E-state index is 13.1. The molecule has 0 spiro atoms. The van der Waals surface area contributed by atoms with Crippen LogP contribution in [0.1, 0.15) is 12.0 Å². The number of aliphatic hydroxyl groups is 1. The maximum Gasteiger partial charge on any atom is 0.394 e. The summed E-state index contributed by atoms with van der Waals surface area (Å²) in [7, 11) is 0. The molecule has 0 bridgehead atoms. The summed E-state index contributed by atoms with van der Waals surface area (Å²) in [5.41, 5.74) is 1.98. The molecule has 29 heavy (non-hydrogen) atoms. The van der Waals surface area contributed by atoms with Crippen molar-refractivity contribution in [1.29, 1.82) is 0 Å². The largest absolute Gasteiger partial charge is 0.481 e. The first kappa shape index (κ1) is 22.3. The quantitative estimate of drug-likeness (QED) is 0.483. The van der Waals surface area contributed by atoms with Crippen LogP contribution in [0.5, 0.6) is 0 Å². The molecule has 0 aromatic heterocycles. The molecule has 2 unspecified atom stereocenters. The first-order chi connectivity index (χ1) is 13.7. The molecule has 0 aliphatic heterocycles. The highest BCUT2D eigenvalue weighted by Gasteiger charge is 2.25. The number of carbonyl (C=O) groups excluding carboxylic acids is 1. The number of halogens is 2. The molecule has 0 radical (unpaired) electrons. The van der Waals surface area contributed by atoms with E-state index in [-0.39, 0.29) is 18.7 Å². The minimum Gasteiger partial charge on any atom is -0.481 e. The molecule has 0 aliphatic rings. The minimum atomic E-state index is -1.70. The van der Waals surface area contributed by atoms with Crippen LogP contribution in [0.15, 0.2) is 42.5 Å². The van der Waals surface area contributed by atoms with Crippen LogP contribution in [-0.4, -0.2) is 45.8 Å². The average Bonchev–Trinajstić information content (AvgIpc) is 2.66. The van der Waals surface area contributed by atoms with E-state index < -0.39 is 36.4 Å². The SMILES string of the molecule is O=C(O)C(=O)NC(Cc1ccc(-c2ccc(F)cc2)c(Cl)c1)CC(CO)C(=O)O. The lowest BCUT2D eigenvalue weighted by atomic mass is 9.94. The molecular weight excluding hydrogens is 405 g/mol. The van der Waals surface area contributed by atoms with Crippen LogP contribution in [0.4, 0.5) is 4.39 Å². The summed E-state index contributed by atoms with van der Waals surface area (Å²) in [5.74, 6) is -5.77. The lowest BCUT2D eigenvalue weighted by Gasteiger charge is -2.21. The van der Waals surface area contributed by atoms with Gasteiger partial charge in [-0.05, 0) is 42.2 Å². The molecule has 9 heteroatoms. The molecule has 0 aliphatic carbocycles. The predicted octanol–water partition coefficient (Wildman–Crippen LogP) is 2.34. The van der Waals surface area contributed by atoms with Crippen LogP contribution >= 0.6 is 11.6 Å². The normalized spacial score (nSPS) is 12.8. The lowest BCUT2D eigenvalue weighted by molar-refractivity contribution is -0.150. The minimum absolute atomic E-state index is 0.103. The number of carboxylic acid groups (broad SMARTS) is 2. The number of hydrogen-bond acceptors (Lipinski definition) is 4. The lowest BCUT2D eigenvalue weighted by Crippen LogP contribution is -2.42. The Balaban J connectivity index is 2.23. The standard InChI is InChI=1S/C20H19ClFNO6/c21-17-8-11(1-6-16(17)12-2-4-14(22)5-3-12)7-15(23-18(25)20(28)29)9-13(10-24)19(26)27/h1-6,8,13,15,24H,7,9-10H2,(H,23,25)(H,26,27)(H,28,29). The highest BCUT2D eigenvalue weighted by molar-refractivity contribution is 6.33. The maximum absolute atomic E-state index is 13.1. The molecule has 2 atom stereocenters. The summed E-state index contributed by atoms with van der Waals surface area (Å²) in [6.45, 7) is -0.654. The molecular formula is C20H19ClFNO6. The first-order valence-electron chi connectivity index (χ1n) is 8.63. The van der Waals surface area contributed by atoms with Gasteiger partial charge in [-0.25, -0.2) is 9.18 Å². The summed E-state index contributed by atoms with van der Waals surface area (Å²) in [5, 5.41) is 29.8. The number of aliphatic hydroxyl groups excluding tert-OH is 1. The van der Waals surface area contributed by atoms with Crippen LogP contribution in [0, 0.1) is 11.7 Å². The molecule has 0 fully saturated rings. The summed E-state index contributed by atoms with van der Waals surface area (Å²) >= 11 is 6.32. The van der Waals surface area contributed by atoms with E-state index in [1.807, 2.05) is 0 Å². The van der Waals surface area contributed by atoms with Gasteiger partial charge in [-0.2, -0.15) is 0 Å². The molecule has 0 saturated carbocycles. The molecule has 2 aromatic carbocycles. The number of amides is 1.